The molecule has 0 spiro atoms. The molecule has 0 aliphatic rings. The first kappa shape index (κ1) is 55.9. The van der Waals surface area contributed by atoms with Gasteiger partial charge in [0.2, 0.25) is 27.6 Å². The van der Waals surface area contributed by atoms with E-state index in [1.807, 2.05) is 0 Å². The number of sulfone groups is 2. The van der Waals surface area contributed by atoms with E-state index in [2.05, 4.69) is 41.3 Å². The minimum Gasteiger partial charge on any atom is -0.744 e. The Hall–Kier alpha value is -2.23. The normalized spacial score (nSPS) is 12.2. The Balaban J connectivity index is 0.00000441. The van der Waals surface area contributed by atoms with Gasteiger partial charge in [-0.3, -0.25) is 4.18 Å². The predicted octanol–water partition coefficient (Wildman–Crippen LogP) is -5.31. The van der Waals surface area contributed by atoms with Crippen LogP contribution >= 0.6 is 11.6 Å². The Morgan fingerprint density at radius 1 is 0.823 bits per heavy atom. The quantitative estimate of drug-likeness (QED) is 0.0403. The van der Waals surface area contributed by atoms with Crippen LogP contribution in [0.2, 0.25) is 5.28 Å². The molecule has 0 aliphatic carbocycles. The van der Waals surface area contributed by atoms with Crippen molar-refractivity contribution in [3.8, 4) is 5.75 Å². The molecule has 1 heterocycles. The maximum atomic E-state index is 12.5. The fourth-order valence-corrected chi connectivity index (χ4v) is 8.74. The van der Waals surface area contributed by atoms with E-state index in [4.69, 9.17) is 11.6 Å². The van der Waals surface area contributed by atoms with E-state index in [1.165, 1.54) is 29.2 Å². The van der Waals surface area contributed by atoms with Crippen LogP contribution in [-0.2, 0) is 54.5 Å². The Labute approximate surface area is 426 Å². The summed E-state index contributed by atoms with van der Waals surface area (Å²) >= 11 is 6.22. The van der Waals surface area contributed by atoms with E-state index in [0.717, 1.165) is 35.7 Å². The summed E-state index contributed by atoms with van der Waals surface area (Å²) in [6.45, 7) is 4.12. The predicted molar refractivity (Wildman–Crippen MR) is 204 cm³/mol. The second kappa shape index (κ2) is 21.8. The maximum Gasteiger partial charge on any atom is 1.00 e. The van der Waals surface area contributed by atoms with Crippen molar-refractivity contribution in [1.29, 1.82) is 0 Å². The van der Waals surface area contributed by atoms with Gasteiger partial charge in [0.05, 0.1) is 43.3 Å². The van der Waals surface area contributed by atoms with Crippen molar-refractivity contribution in [1.82, 2.24) is 15.0 Å². The Morgan fingerprint density at radius 3 is 2.03 bits per heavy atom. The van der Waals surface area contributed by atoms with Gasteiger partial charge in [0.15, 0.2) is 25.4 Å². The van der Waals surface area contributed by atoms with Gasteiger partial charge in [0.25, 0.3) is 0 Å². The third kappa shape index (κ3) is 13.9. The van der Waals surface area contributed by atoms with Crippen molar-refractivity contribution < 1.29 is 154 Å². The summed E-state index contributed by atoms with van der Waals surface area (Å²) in [6.07, 6.45) is 0. The van der Waals surface area contributed by atoms with Crippen LogP contribution in [0.4, 0.5) is 34.6 Å². The summed E-state index contributed by atoms with van der Waals surface area (Å²) in [4.78, 5) is 11.0. The Bertz CT molecular complexity index is 3120. The summed E-state index contributed by atoms with van der Waals surface area (Å²) in [5.41, 5.74) is -1.37. The SMILES string of the molecule is C=CS(=O)(=O)c1cccc(N(CC)c2nc(Cl)nc(Nc3cc(S(=O)(=O)[O-])cc4cc(S(=O)(=O)[O-])c(N=Nc5ccc(S(=O)(=O)CCOS(=O)(=O)[O-])cc5)c(O)c34)n2)c1.[Na+].[Na+].[Na+]. The van der Waals surface area contributed by atoms with Gasteiger partial charge in [-0.1, -0.05) is 12.6 Å². The van der Waals surface area contributed by atoms with E-state index >= 15 is 0 Å². The molecule has 0 unspecified atom stereocenters. The molecule has 0 saturated heterocycles. The number of nitrogens with one attached hydrogen (secondary N) is 1. The maximum absolute atomic E-state index is 12.5. The molecule has 0 saturated carbocycles. The number of rotatable bonds is 16. The van der Waals surface area contributed by atoms with Crippen LogP contribution in [-0.4, -0.2) is 94.7 Å². The van der Waals surface area contributed by atoms with E-state index in [1.54, 1.807) is 6.92 Å². The van der Waals surface area contributed by atoms with Crippen LogP contribution in [0.15, 0.2) is 109 Å². The largest absolute Gasteiger partial charge is 1.00 e. The third-order valence-electron chi connectivity index (χ3n) is 7.80. The minimum atomic E-state index is -5.55. The van der Waals surface area contributed by atoms with Crippen molar-refractivity contribution in [3.05, 3.63) is 84.0 Å². The zero-order valence-electron chi connectivity index (χ0n) is 32.5. The molecular formula is C31H25ClN7Na3O15S5. The second-order valence-electron chi connectivity index (χ2n) is 11.6. The number of halogens is 1. The van der Waals surface area contributed by atoms with E-state index in [9.17, 15) is 60.9 Å². The third-order valence-corrected chi connectivity index (χ3v) is 13.1. The smallest absolute Gasteiger partial charge is 0.744 e. The number of aromatic nitrogens is 3. The van der Waals surface area contributed by atoms with Gasteiger partial charge in [-0.05, 0) is 84.6 Å². The first-order valence-electron chi connectivity index (χ1n) is 15.9. The number of hydrogen-bond donors (Lipinski definition) is 2. The van der Waals surface area contributed by atoms with Crippen LogP contribution in [0.25, 0.3) is 10.8 Å². The number of nitrogens with zero attached hydrogens (tertiary/aromatic N) is 6. The molecule has 0 atom stereocenters. The summed E-state index contributed by atoms with van der Waals surface area (Å²) in [6, 6.07) is 11.7. The van der Waals surface area contributed by atoms with Gasteiger partial charge < -0.3 is 29.0 Å². The van der Waals surface area contributed by atoms with Crippen molar-refractivity contribution in [2.75, 3.05) is 29.1 Å². The van der Waals surface area contributed by atoms with Crippen molar-refractivity contribution in [2.24, 2.45) is 10.2 Å². The van der Waals surface area contributed by atoms with Crippen molar-refractivity contribution in [3.63, 3.8) is 0 Å². The van der Waals surface area contributed by atoms with Gasteiger partial charge in [0.1, 0.15) is 25.9 Å². The van der Waals surface area contributed by atoms with Gasteiger partial charge >= 0.3 is 88.7 Å². The Kier molecular flexibility index (Phi) is 19.7. The topological polar surface area (TPSA) is 348 Å². The number of phenolic OH excluding ortho intramolecular Hbond substituents is 1. The summed E-state index contributed by atoms with van der Waals surface area (Å²) in [5.74, 6) is -2.63. The molecule has 22 nitrogen and oxygen atoms in total. The van der Waals surface area contributed by atoms with Gasteiger partial charge in [-0.15, -0.1) is 5.11 Å². The van der Waals surface area contributed by atoms with E-state index in [-0.39, 0.29) is 122 Å². The average Bonchev–Trinajstić information content (AvgIpc) is 3.13. The number of azo groups is 1. The molecule has 5 aromatic rings. The number of benzene rings is 4. The van der Waals surface area contributed by atoms with Gasteiger partial charge in [0, 0.05) is 23.0 Å². The molecular weight excluding hydrogens is 975 g/mol. The molecule has 0 bridgehead atoms. The molecule has 2 N–H and O–H groups in total. The van der Waals surface area contributed by atoms with Crippen molar-refractivity contribution in [2.45, 2.75) is 26.5 Å². The molecule has 0 aliphatic heterocycles. The van der Waals surface area contributed by atoms with Crippen LogP contribution in [0.1, 0.15) is 6.92 Å². The Morgan fingerprint density at radius 2 is 1.47 bits per heavy atom. The first-order chi connectivity index (χ1) is 27.3. The molecule has 5 rings (SSSR count). The number of anilines is 4. The number of hydrogen-bond acceptors (Lipinski definition) is 22. The summed E-state index contributed by atoms with van der Waals surface area (Å²) < 4.78 is 160. The van der Waals surface area contributed by atoms with Gasteiger partial charge in [-0.25, -0.2) is 42.1 Å². The summed E-state index contributed by atoms with van der Waals surface area (Å²) in [5, 5.41) is 20.9. The summed E-state index contributed by atoms with van der Waals surface area (Å²) in [7, 11) is -24.1. The van der Waals surface area contributed by atoms with Crippen LogP contribution in [0.5, 0.6) is 5.75 Å². The fraction of sp³-hybridized carbons (Fsp3) is 0.129. The monoisotopic (exact) mass is 999 g/mol. The first-order valence-corrected chi connectivity index (χ1v) is 23.6. The van der Waals surface area contributed by atoms with Crippen LogP contribution in [0.3, 0.4) is 0 Å². The zero-order valence-corrected chi connectivity index (χ0v) is 43.4. The molecule has 0 amide bonds. The standard InChI is InChI=1S/C31H28ClN7O15S5.3Na/c1-3-39(20-6-5-7-22(16-20)55(41,42)4-2)31-35-29(32)34-30(36-31)33-24-17-23(57(45,46)47)14-18-15-25(58(48,49)50)27(28(40)26(18)24)38-37-19-8-10-21(11-9-19)56(43,44)13-12-54-59(51,52)53;;;/h4-11,14-17,40H,2-3,12-13H2,1H3,(H,45,46,47)(H,48,49,50)(H,51,52,53)(H,33,34,35,36);;;/q;3*+1/p-3. The van der Waals surface area contributed by atoms with E-state index in [0.29, 0.717) is 12.1 Å². The fourth-order valence-electron chi connectivity index (χ4n) is 5.18. The van der Waals surface area contributed by atoms with E-state index < -0.39 is 112 Å². The van der Waals surface area contributed by atoms with Crippen molar-refractivity contribution >= 4 is 107 Å². The minimum absolute atomic E-state index is 0. The molecule has 31 heteroatoms. The molecule has 0 radical (unpaired) electrons. The van der Waals surface area contributed by atoms with Crippen LogP contribution in [0, 0.1) is 0 Å². The second-order valence-corrected chi connectivity index (χ2v) is 19.7. The molecule has 4 aromatic carbocycles. The number of aromatic hydroxyl groups is 1. The van der Waals surface area contributed by atoms with Gasteiger partial charge in [-0.2, -0.15) is 20.1 Å². The van der Waals surface area contributed by atoms with Crippen LogP contribution < -0.4 is 98.9 Å². The molecule has 62 heavy (non-hydrogen) atoms. The molecule has 314 valence electrons. The molecule has 0 fully saturated rings. The average molecular weight is 1000 g/mol. The number of phenols is 1. The zero-order chi connectivity index (χ0) is 43.7. The number of fused-ring (bicyclic) bond motifs is 1. The molecule has 1 aromatic heterocycles.